The van der Waals surface area contributed by atoms with Crippen LogP contribution in [0.3, 0.4) is 0 Å². The molecule has 0 spiro atoms. The van der Waals surface area contributed by atoms with E-state index < -0.39 is 22.0 Å². The Morgan fingerprint density at radius 2 is 2.32 bits per heavy atom. The first-order valence-corrected chi connectivity index (χ1v) is 12.1. The summed E-state index contributed by atoms with van der Waals surface area (Å²) in [5, 5.41) is 11.3. The molecule has 12 heteroatoms. The Hall–Kier alpha value is -1.82. The van der Waals surface area contributed by atoms with Crippen LogP contribution >= 0.6 is 34.7 Å². The molecular weight excluding hydrogens is 444 g/mol. The third kappa shape index (κ3) is 4.96. The summed E-state index contributed by atoms with van der Waals surface area (Å²) in [5.41, 5.74) is 0.310. The molecule has 1 atom stereocenters. The largest absolute Gasteiger partial charge is 0.478 e. The molecule has 0 bridgehead atoms. The number of ether oxygens (including phenoxy) is 1. The number of amides is 1. The summed E-state index contributed by atoms with van der Waals surface area (Å²) in [4.78, 5) is 12.7. The number of nitrogens with zero attached hydrogens (tertiary/aromatic N) is 3. The fraction of sp³-hybridized carbons (Fsp3) is 0.312. The summed E-state index contributed by atoms with van der Waals surface area (Å²) in [5.74, 6) is 0.536. The molecule has 0 radical (unpaired) electrons. The summed E-state index contributed by atoms with van der Waals surface area (Å²) >= 11 is 8.72. The van der Waals surface area contributed by atoms with E-state index in [1.54, 1.807) is 18.2 Å². The van der Waals surface area contributed by atoms with Gasteiger partial charge >= 0.3 is 0 Å². The molecule has 8 nitrogen and oxygen atoms in total. The first-order chi connectivity index (χ1) is 13.3. The number of fused-ring (bicyclic) bond motifs is 1. The van der Waals surface area contributed by atoms with Crippen LogP contribution in [-0.4, -0.2) is 49.2 Å². The van der Waals surface area contributed by atoms with Gasteiger partial charge in [-0.2, -0.15) is 0 Å². The number of hydrogen-bond donors (Lipinski definition) is 1. The number of carbonyl (C=O) groups is 1. The van der Waals surface area contributed by atoms with Crippen molar-refractivity contribution < 1.29 is 17.9 Å². The number of nitrogens with one attached hydrogen (secondary N) is 1. The lowest BCUT2D eigenvalue weighted by molar-refractivity contribution is -0.122. The van der Waals surface area contributed by atoms with E-state index in [2.05, 4.69) is 22.1 Å². The van der Waals surface area contributed by atoms with Crippen molar-refractivity contribution in [1.29, 1.82) is 0 Å². The van der Waals surface area contributed by atoms with Crippen LogP contribution in [0.25, 0.3) is 0 Å². The van der Waals surface area contributed by atoms with E-state index in [-0.39, 0.29) is 18.7 Å². The molecule has 1 amide bonds. The maximum Gasteiger partial charge on any atom is 0.267 e. The maximum atomic E-state index is 12.7. The number of rotatable bonds is 6. The number of anilines is 2. The average Bonchev–Trinajstić information content (AvgIpc) is 2.96. The van der Waals surface area contributed by atoms with Crippen LogP contribution in [0.1, 0.15) is 6.42 Å². The molecule has 150 valence electrons. The normalized spacial score (nSPS) is 16.6. The van der Waals surface area contributed by atoms with Gasteiger partial charge in [-0.05, 0) is 18.2 Å². The van der Waals surface area contributed by atoms with Crippen LogP contribution in [0.5, 0.6) is 5.75 Å². The van der Waals surface area contributed by atoms with Gasteiger partial charge in [0.1, 0.15) is 5.75 Å². The molecule has 0 aliphatic carbocycles. The van der Waals surface area contributed by atoms with E-state index in [1.165, 1.54) is 33.5 Å². The fourth-order valence-electron chi connectivity index (χ4n) is 2.52. The van der Waals surface area contributed by atoms with Gasteiger partial charge in [-0.25, -0.2) is 8.42 Å². The highest BCUT2D eigenvalue weighted by molar-refractivity contribution is 8.01. The summed E-state index contributed by atoms with van der Waals surface area (Å²) in [6.07, 6.45) is 2.13. The van der Waals surface area contributed by atoms with Gasteiger partial charge in [0.15, 0.2) is 10.4 Å². The Labute approximate surface area is 176 Å². The third-order valence-electron chi connectivity index (χ3n) is 3.71. The first-order valence-electron chi connectivity index (χ1n) is 8.10. The minimum Gasteiger partial charge on any atom is -0.478 e. The molecule has 0 fully saturated rings. The number of halogens is 1. The van der Waals surface area contributed by atoms with Crippen molar-refractivity contribution in [2.45, 2.75) is 16.9 Å². The highest BCUT2D eigenvalue weighted by Gasteiger charge is 2.31. The molecule has 2 heterocycles. The van der Waals surface area contributed by atoms with E-state index in [0.717, 1.165) is 6.26 Å². The van der Waals surface area contributed by atoms with Crippen molar-refractivity contribution in [2.24, 2.45) is 0 Å². The minimum atomic E-state index is -3.56. The molecule has 0 unspecified atom stereocenters. The molecule has 3 rings (SSSR count). The molecule has 0 saturated carbocycles. The number of sulfonamides is 1. The Morgan fingerprint density at radius 1 is 1.54 bits per heavy atom. The van der Waals surface area contributed by atoms with E-state index in [9.17, 15) is 13.2 Å². The van der Waals surface area contributed by atoms with Crippen LogP contribution in [0.4, 0.5) is 10.8 Å². The third-order valence-corrected chi connectivity index (χ3v) is 7.09. The Kier molecular flexibility index (Phi) is 6.48. The molecule has 2 aromatic rings. The number of thioether (sulfide) groups is 1. The summed E-state index contributed by atoms with van der Waals surface area (Å²) in [7, 11) is -3.56. The van der Waals surface area contributed by atoms with Crippen LogP contribution < -0.4 is 14.4 Å². The maximum absolute atomic E-state index is 12.7. The zero-order chi connectivity index (χ0) is 20.3. The van der Waals surface area contributed by atoms with Gasteiger partial charge in [0.05, 0.1) is 11.9 Å². The minimum absolute atomic E-state index is 0.0841. The van der Waals surface area contributed by atoms with Gasteiger partial charge in [0, 0.05) is 23.7 Å². The van der Waals surface area contributed by atoms with Gasteiger partial charge in [0.2, 0.25) is 15.2 Å². The van der Waals surface area contributed by atoms with Crippen LogP contribution in [-0.2, 0) is 14.8 Å². The number of carbonyl (C=O) groups excluding carboxylic acids is 1. The van der Waals surface area contributed by atoms with Crippen LogP contribution in [0, 0.1) is 0 Å². The van der Waals surface area contributed by atoms with Crippen molar-refractivity contribution in [3.63, 3.8) is 0 Å². The lowest BCUT2D eigenvalue weighted by atomic mass is 10.2. The molecule has 1 aliphatic rings. The zero-order valence-electron chi connectivity index (χ0n) is 14.8. The van der Waals surface area contributed by atoms with E-state index in [0.29, 0.717) is 25.9 Å². The fourth-order valence-corrected chi connectivity index (χ4v) is 5.14. The standard InChI is InChI=1S/C16H17ClN4O4S3/c1-3-8-26-16-20-19-15(27-16)18-14(22)13-6-7-21(28(2,23)24)11-9-10(17)4-5-12(11)25-13/h3-5,9,13H,1,6-8H2,2H3,(H,18,19,22)/t13-/m0/s1. The molecular formula is C16H17ClN4O4S3. The zero-order valence-corrected chi connectivity index (χ0v) is 18.0. The van der Waals surface area contributed by atoms with E-state index >= 15 is 0 Å². The SMILES string of the molecule is C=CCSc1nnc(NC(=O)[C@@H]2CCN(S(C)(=O)=O)c3cc(Cl)ccc3O2)s1. The predicted octanol–water partition coefficient (Wildman–Crippen LogP) is 3.03. The number of hydrogen-bond acceptors (Lipinski definition) is 8. The van der Waals surface area contributed by atoms with Crippen molar-refractivity contribution in [3.8, 4) is 5.75 Å². The molecule has 0 saturated heterocycles. The van der Waals surface area contributed by atoms with E-state index in [4.69, 9.17) is 16.3 Å². The predicted molar refractivity (Wildman–Crippen MR) is 112 cm³/mol. The summed E-state index contributed by atoms with van der Waals surface area (Å²) < 4.78 is 32.0. The van der Waals surface area contributed by atoms with Crippen LogP contribution in [0.15, 0.2) is 35.2 Å². The number of aromatic nitrogens is 2. The lowest BCUT2D eigenvalue weighted by Gasteiger charge is -2.21. The second-order valence-corrected chi connectivity index (χ2v) is 10.4. The van der Waals surface area contributed by atoms with Gasteiger partial charge in [-0.15, -0.1) is 16.8 Å². The average molecular weight is 461 g/mol. The van der Waals surface area contributed by atoms with Gasteiger partial charge in [-0.1, -0.05) is 40.8 Å². The van der Waals surface area contributed by atoms with Crippen molar-refractivity contribution in [2.75, 3.05) is 28.2 Å². The van der Waals surface area contributed by atoms with Gasteiger partial charge < -0.3 is 4.74 Å². The monoisotopic (exact) mass is 460 g/mol. The molecule has 1 aromatic carbocycles. The second kappa shape index (κ2) is 8.68. The molecule has 1 aliphatic heterocycles. The highest BCUT2D eigenvalue weighted by atomic mass is 35.5. The molecule has 1 aromatic heterocycles. The van der Waals surface area contributed by atoms with Gasteiger partial charge in [-0.3, -0.25) is 14.4 Å². The second-order valence-electron chi connectivity index (χ2n) is 5.80. The first kappa shape index (κ1) is 20.9. The Morgan fingerprint density at radius 3 is 3.04 bits per heavy atom. The molecule has 28 heavy (non-hydrogen) atoms. The summed E-state index contributed by atoms with van der Waals surface area (Å²) in [6, 6.07) is 4.64. The smallest absolute Gasteiger partial charge is 0.267 e. The van der Waals surface area contributed by atoms with Crippen molar-refractivity contribution in [3.05, 3.63) is 35.9 Å². The van der Waals surface area contributed by atoms with Gasteiger partial charge in [0.25, 0.3) is 5.91 Å². The quantitative estimate of drug-likeness (QED) is 0.401. The lowest BCUT2D eigenvalue weighted by Crippen LogP contribution is -2.35. The Bertz CT molecular complexity index is 996. The van der Waals surface area contributed by atoms with E-state index in [1.807, 2.05) is 0 Å². The molecule has 1 N–H and O–H groups in total. The Balaban J connectivity index is 1.78. The summed E-state index contributed by atoms with van der Waals surface area (Å²) in [6.45, 7) is 3.73. The van der Waals surface area contributed by atoms with Crippen LogP contribution in [0.2, 0.25) is 5.02 Å². The van der Waals surface area contributed by atoms with Crippen molar-refractivity contribution in [1.82, 2.24) is 10.2 Å². The number of benzene rings is 1. The topological polar surface area (TPSA) is 101 Å². The highest BCUT2D eigenvalue weighted by Crippen LogP contribution is 2.36. The van der Waals surface area contributed by atoms with Crippen molar-refractivity contribution >= 4 is 61.4 Å².